The number of thioether (sulfide) groups is 1. The number of hydrogen-bond donors (Lipinski definition) is 6. The van der Waals surface area contributed by atoms with Gasteiger partial charge in [-0.3, -0.25) is 87.3 Å². The summed E-state index contributed by atoms with van der Waals surface area (Å²) in [4.78, 5) is 150. The van der Waals surface area contributed by atoms with Crippen LogP contribution in [-0.4, -0.2) is 305 Å². The number of likely N-dealkylation sites (tertiary alicyclic amines) is 2. The van der Waals surface area contributed by atoms with Crippen molar-refractivity contribution in [1.82, 2.24) is 60.1 Å². The third kappa shape index (κ3) is 26.2. The van der Waals surface area contributed by atoms with Crippen molar-refractivity contribution in [2.24, 2.45) is 4.99 Å². The Labute approximate surface area is 569 Å². The molecule has 6 N–H and O–H groups in total. The first-order chi connectivity index (χ1) is 46.5. The lowest BCUT2D eigenvalue weighted by molar-refractivity contribution is -0.140. The maximum atomic E-state index is 14.1. The van der Waals surface area contributed by atoms with E-state index >= 15 is 0 Å². The normalized spacial score (nSPS) is 19.2. The molecule has 3 aromatic rings. The van der Waals surface area contributed by atoms with Gasteiger partial charge in [-0.2, -0.15) is 0 Å². The van der Waals surface area contributed by atoms with E-state index < -0.39 is 72.5 Å². The molecule has 4 saturated heterocycles. The van der Waals surface area contributed by atoms with E-state index in [1.807, 2.05) is 24.0 Å². The Hall–Kier alpha value is -7.77. The standard InChI is InChI=1S/C67H95F2N13O14S/c1-48-13-15-49(16-14-48)9-7-11-57(83)72-20-4-3-10-50(74-58(84)42-76-24-26-77(43-62(88)89)28-30-79(45-64(92)93)31-29-78(27-25-76)44-63(90)91)46-97-56-38-60(86)81(66(56)95)23-8-12-59(85)80-34-32-75(33-35-80)22-5-6-36-96-52-17-18-55-54(37-52)53(19-21-71-55)65(94)73-41-61(87)82-47-67(68,69)39-51(82)40-70-2/h13-19,21,37,40,50-51,56H,3-12,20,22-36,38-39,41-47H2,1-2H3,(H,72,83)(H,73,94)(H,74,84)(H,88,89)(H,90,91)(H,92,93)/b70-40+/t50?,51-,56?/m1/s1. The molecule has 532 valence electrons. The maximum absolute atomic E-state index is 14.1. The molecule has 2 unspecified atom stereocenters. The molecule has 0 saturated carbocycles. The van der Waals surface area contributed by atoms with Crippen LogP contribution >= 0.6 is 11.8 Å². The van der Waals surface area contributed by atoms with E-state index in [1.54, 1.807) is 37.8 Å². The summed E-state index contributed by atoms with van der Waals surface area (Å²) in [5, 5.41) is 37.4. The van der Waals surface area contributed by atoms with Crippen LogP contribution in [-0.2, 0) is 49.6 Å². The molecule has 0 aliphatic carbocycles. The van der Waals surface area contributed by atoms with Crippen LogP contribution in [0.5, 0.6) is 5.75 Å². The van der Waals surface area contributed by atoms with E-state index in [2.05, 4.69) is 43.0 Å². The largest absolute Gasteiger partial charge is 0.494 e. The SMILES string of the molecule is C/N=C/[C@H]1CC(F)(F)CN1C(=O)CNC(=O)c1ccnc2ccc(OCCCCN3CCN(C(=O)CCCN4C(=O)CC(SCC(CCCCNC(=O)CCCc5ccc(C)cc5)NC(=O)CN5CCN(CC(=O)O)CCN(CC(=O)O)CCN(CC(=O)O)CC5)C4=O)CC3)cc12. The zero-order valence-corrected chi connectivity index (χ0v) is 56.5. The van der Waals surface area contributed by atoms with Crippen LogP contribution in [0.2, 0.25) is 0 Å². The lowest BCUT2D eigenvalue weighted by atomic mass is 10.1. The van der Waals surface area contributed by atoms with Gasteiger partial charge in [0.05, 0.1) is 68.2 Å². The molecule has 0 radical (unpaired) electrons. The molecular weight excluding hydrogens is 1280 g/mol. The third-order valence-electron chi connectivity index (χ3n) is 17.7. The van der Waals surface area contributed by atoms with Crippen molar-refractivity contribution in [2.45, 2.75) is 107 Å². The number of aromatic nitrogens is 1. The minimum atomic E-state index is -3.05. The van der Waals surface area contributed by atoms with Crippen molar-refractivity contribution in [3.63, 3.8) is 0 Å². The molecule has 97 heavy (non-hydrogen) atoms. The summed E-state index contributed by atoms with van der Waals surface area (Å²) in [7, 11) is 1.45. The van der Waals surface area contributed by atoms with E-state index in [4.69, 9.17) is 4.74 Å². The van der Waals surface area contributed by atoms with Crippen LogP contribution in [0.15, 0.2) is 59.7 Å². The van der Waals surface area contributed by atoms with Gasteiger partial charge < -0.3 is 45.8 Å². The van der Waals surface area contributed by atoms with Crippen molar-refractivity contribution in [3.8, 4) is 5.75 Å². The molecular formula is C67H95F2N13O14S. The number of unbranched alkanes of at least 4 members (excludes halogenated alkanes) is 2. The maximum Gasteiger partial charge on any atom is 0.317 e. The predicted octanol–water partition coefficient (Wildman–Crippen LogP) is 2.42. The van der Waals surface area contributed by atoms with Crippen molar-refractivity contribution >= 4 is 88.1 Å². The second-order valence-electron chi connectivity index (χ2n) is 25.3. The average molecular weight is 1380 g/mol. The molecule has 4 aliphatic heterocycles. The van der Waals surface area contributed by atoms with Crippen LogP contribution in [0.4, 0.5) is 8.78 Å². The lowest BCUT2D eigenvalue weighted by Crippen LogP contribution is -2.50. The number of aliphatic imine (C=N–C) groups is 1. The zero-order chi connectivity index (χ0) is 69.9. The van der Waals surface area contributed by atoms with Gasteiger partial charge in [0.25, 0.3) is 11.8 Å². The van der Waals surface area contributed by atoms with Crippen molar-refractivity contribution in [3.05, 3.63) is 71.4 Å². The number of alkyl halides is 2. The van der Waals surface area contributed by atoms with Crippen molar-refractivity contribution in [2.75, 3.05) is 157 Å². The van der Waals surface area contributed by atoms with Crippen LogP contribution < -0.4 is 20.7 Å². The molecule has 3 atom stereocenters. The molecule has 30 heteroatoms. The number of nitrogens with zero attached hydrogens (tertiary/aromatic N) is 10. The van der Waals surface area contributed by atoms with Gasteiger partial charge in [-0.1, -0.05) is 29.8 Å². The highest BCUT2D eigenvalue weighted by atomic mass is 32.2. The molecule has 7 amide bonds. The van der Waals surface area contributed by atoms with Gasteiger partial charge in [0.15, 0.2) is 0 Å². The van der Waals surface area contributed by atoms with Gasteiger partial charge >= 0.3 is 17.9 Å². The molecule has 0 spiro atoms. The number of rotatable bonds is 35. The number of imide groups is 1. The number of halogens is 2. The second-order valence-corrected chi connectivity index (χ2v) is 26.5. The number of amides is 7. The smallest absolute Gasteiger partial charge is 0.317 e. The lowest BCUT2D eigenvalue weighted by Gasteiger charge is -2.35. The van der Waals surface area contributed by atoms with E-state index in [9.17, 15) is 72.0 Å². The first-order valence-electron chi connectivity index (χ1n) is 33.5. The quantitative estimate of drug-likeness (QED) is 0.0280. The number of ether oxygens (including phenoxy) is 1. The van der Waals surface area contributed by atoms with Crippen molar-refractivity contribution < 1.29 is 76.8 Å². The fraction of sp³-hybridized carbons (Fsp3) is 0.612. The molecule has 4 fully saturated rings. The fourth-order valence-corrected chi connectivity index (χ4v) is 13.6. The van der Waals surface area contributed by atoms with E-state index in [0.29, 0.717) is 94.5 Å². The molecule has 4 aliphatic rings. The number of carbonyl (C=O) groups excluding carboxylic acids is 7. The zero-order valence-electron chi connectivity index (χ0n) is 55.7. The summed E-state index contributed by atoms with van der Waals surface area (Å²) in [5.41, 5.74) is 3.11. The summed E-state index contributed by atoms with van der Waals surface area (Å²) in [5.74, 6) is -7.83. The molecule has 27 nitrogen and oxygen atoms in total. The number of carbonyl (C=O) groups is 10. The van der Waals surface area contributed by atoms with Crippen LogP contribution in [0.25, 0.3) is 10.9 Å². The monoisotopic (exact) mass is 1380 g/mol. The Balaban J connectivity index is 0.839. The number of carboxylic acid groups (broad SMARTS) is 3. The third-order valence-corrected chi connectivity index (χ3v) is 19.0. The van der Waals surface area contributed by atoms with E-state index in [1.165, 1.54) is 47.8 Å². The molecule has 0 bridgehead atoms. The van der Waals surface area contributed by atoms with Gasteiger partial charge in [-0.25, -0.2) is 8.78 Å². The highest BCUT2D eigenvalue weighted by Gasteiger charge is 2.46. The second kappa shape index (κ2) is 39.0. The molecule has 5 heterocycles. The number of pyridine rings is 1. The Morgan fingerprint density at radius 2 is 1.34 bits per heavy atom. The average Bonchev–Trinajstić information content (AvgIpc) is 1.80. The first-order valence-corrected chi connectivity index (χ1v) is 34.6. The summed E-state index contributed by atoms with van der Waals surface area (Å²) in [6.45, 7) is 5.69. The van der Waals surface area contributed by atoms with Gasteiger partial charge in [0.1, 0.15) is 5.75 Å². The van der Waals surface area contributed by atoms with Crippen LogP contribution in [0, 0.1) is 6.92 Å². The number of carboxylic acids is 3. The van der Waals surface area contributed by atoms with Crippen molar-refractivity contribution in [1.29, 1.82) is 0 Å². The number of fused-ring (bicyclic) bond motifs is 1. The Morgan fingerprint density at radius 1 is 0.711 bits per heavy atom. The predicted molar refractivity (Wildman–Crippen MR) is 360 cm³/mol. The number of aryl methyl sites for hydroxylation is 2. The summed E-state index contributed by atoms with van der Waals surface area (Å²) in [6, 6.07) is 13.6. The number of aliphatic carboxylic acids is 3. The van der Waals surface area contributed by atoms with Gasteiger partial charge in [0.2, 0.25) is 35.4 Å². The van der Waals surface area contributed by atoms with E-state index in [0.717, 1.165) is 36.3 Å². The number of nitrogens with one attached hydrogen (secondary N) is 3. The topological polar surface area (TPSA) is 328 Å². The van der Waals surface area contributed by atoms with Crippen LogP contribution in [0.3, 0.4) is 0 Å². The minimum absolute atomic E-state index is 0.0373. The van der Waals surface area contributed by atoms with E-state index in [-0.39, 0.29) is 139 Å². The summed E-state index contributed by atoms with van der Waals surface area (Å²) >= 11 is 1.28. The summed E-state index contributed by atoms with van der Waals surface area (Å²) < 4.78 is 34.3. The molecule has 2 aromatic carbocycles. The number of piperazine rings is 1. The van der Waals surface area contributed by atoms with Gasteiger partial charge in [-0.15, -0.1) is 11.8 Å². The summed E-state index contributed by atoms with van der Waals surface area (Å²) in [6.07, 6.45) is 7.76. The van der Waals surface area contributed by atoms with Gasteiger partial charge in [0, 0.05) is 154 Å². The molecule has 1 aromatic heterocycles. The Kier molecular flexibility index (Phi) is 30.8. The number of hydrogen-bond acceptors (Lipinski definition) is 19. The molecule has 7 rings (SSSR count). The minimum Gasteiger partial charge on any atom is -0.494 e. The van der Waals surface area contributed by atoms with Crippen LogP contribution in [0.1, 0.15) is 92.1 Å². The first kappa shape index (κ1) is 76.6. The Bertz CT molecular complexity index is 3170. The highest BCUT2D eigenvalue weighted by Crippen LogP contribution is 2.32. The number of benzene rings is 2. The fourth-order valence-electron chi connectivity index (χ4n) is 12.3. The van der Waals surface area contributed by atoms with Gasteiger partial charge in [-0.05, 0) is 94.7 Å². The Morgan fingerprint density at radius 3 is 1.97 bits per heavy atom. The highest BCUT2D eigenvalue weighted by molar-refractivity contribution is 8.00.